The van der Waals surface area contributed by atoms with Crippen LogP contribution in [0.25, 0.3) is 11.2 Å². The molecule has 1 fully saturated rings. The molecule has 0 bridgehead atoms. The maximum atomic E-state index is 13.7. The number of nitrogens with zero attached hydrogens (tertiary/aromatic N) is 3. The monoisotopic (exact) mass is 409 g/mol. The summed E-state index contributed by atoms with van der Waals surface area (Å²) in [6, 6.07) is 0. The molecule has 2 aromatic heterocycles. The number of hydrogen-bond acceptors (Lipinski definition) is 9. The fraction of sp³-hybridized carbons (Fsp3) is 0.583. The molecule has 0 unspecified atom stereocenters. The molecule has 2 aromatic rings. The molecule has 1 aliphatic rings. The average molecular weight is 409 g/mol. The van der Waals surface area contributed by atoms with E-state index in [1.165, 1.54) is 0 Å². The Labute approximate surface area is 149 Å². The van der Waals surface area contributed by atoms with Gasteiger partial charge in [-0.3, -0.25) is 18.9 Å². The van der Waals surface area contributed by atoms with Crippen molar-refractivity contribution in [2.24, 2.45) is 0 Å². The van der Waals surface area contributed by atoms with Crippen LogP contribution in [0, 0.1) is 0 Å². The van der Waals surface area contributed by atoms with Crippen molar-refractivity contribution in [2.75, 3.05) is 19.0 Å². The molecule has 0 saturated carbocycles. The number of alkyl halides is 1. The Morgan fingerprint density at radius 1 is 1.56 bits per heavy atom. The molecule has 1 saturated heterocycles. The molecule has 1 aliphatic heterocycles. The molecule has 0 spiro atoms. The Morgan fingerprint density at radius 2 is 2.22 bits per heavy atom. The van der Waals surface area contributed by atoms with E-state index in [-0.39, 0.29) is 17.1 Å². The highest BCUT2D eigenvalue weighted by Gasteiger charge is 2.62. The summed E-state index contributed by atoms with van der Waals surface area (Å²) >= 11 is 0. The van der Waals surface area contributed by atoms with Gasteiger partial charge in [0.1, 0.15) is 18.4 Å². The number of rotatable bonds is 5. The van der Waals surface area contributed by atoms with Crippen LogP contribution in [0.3, 0.4) is 0 Å². The number of H-pyrrole nitrogens is 1. The van der Waals surface area contributed by atoms with Crippen molar-refractivity contribution < 1.29 is 38.2 Å². The maximum absolute atomic E-state index is 13.7. The lowest BCUT2D eigenvalue weighted by atomic mass is 9.88. The zero-order valence-electron chi connectivity index (χ0n) is 13.8. The lowest BCUT2D eigenvalue weighted by Gasteiger charge is -2.30. The lowest BCUT2D eigenvalue weighted by Crippen LogP contribution is -2.53. The summed E-state index contributed by atoms with van der Waals surface area (Å²) < 4.78 is 35.5. The second kappa shape index (κ2) is 6.31. The Kier molecular flexibility index (Phi) is 4.63. The fourth-order valence-corrected chi connectivity index (χ4v) is 3.36. The van der Waals surface area contributed by atoms with E-state index in [2.05, 4.69) is 19.5 Å². The minimum atomic E-state index is -5.01. The molecule has 13 nitrogen and oxygen atoms in total. The number of fused-ring (bicyclic) bond motifs is 1. The third-order valence-corrected chi connectivity index (χ3v) is 4.77. The van der Waals surface area contributed by atoms with Crippen molar-refractivity contribution in [2.45, 2.75) is 30.5 Å². The number of nitrogens with two attached hydrogens (primary N) is 1. The smallest absolute Gasteiger partial charge is 0.387 e. The standard InChI is InChI=1S/C12H17FN5O8P/c1-11(21)8(20)12(2-13,3-25-27(22,23)24)26-9(11)18-4-15-5-6(18)16-10(14)17-7(5)19/h4,8-9,20-21H,2-3H2,1H3,(H2,22,23,24)(H3,14,16,17,19)/t8-,9+,11+,12+/m0/s1. The van der Waals surface area contributed by atoms with Gasteiger partial charge in [0.15, 0.2) is 23.0 Å². The largest absolute Gasteiger partial charge is 0.469 e. The average Bonchev–Trinajstić information content (AvgIpc) is 3.05. The van der Waals surface area contributed by atoms with Gasteiger partial charge >= 0.3 is 7.82 Å². The summed E-state index contributed by atoms with van der Waals surface area (Å²) in [5.41, 5.74) is 0.0989. The number of anilines is 1. The highest BCUT2D eigenvalue weighted by Crippen LogP contribution is 2.47. The van der Waals surface area contributed by atoms with Gasteiger partial charge < -0.3 is 30.5 Å². The number of halogens is 1. The van der Waals surface area contributed by atoms with Crippen LogP contribution >= 0.6 is 7.82 Å². The first-order valence-electron chi connectivity index (χ1n) is 7.48. The number of phosphoric acid groups is 1. The molecule has 3 rings (SSSR count). The molecule has 3 heterocycles. The molecular weight excluding hydrogens is 392 g/mol. The van der Waals surface area contributed by atoms with Gasteiger partial charge in [0.05, 0.1) is 12.9 Å². The summed E-state index contributed by atoms with van der Waals surface area (Å²) in [5, 5.41) is 21.1. The van der Waals surface area contributed by atoms with Crippen LogP contribution in [0.2, 0.25) is 0 Å². The minimum absolute atomic E-state index is 0.112. The highest BCUT2D eigenvalue weighted by atomic mass is 31.2. The molecule has 0 amide bonds. The Hall–Kier alpha value is -1.93. The number of hydrogen-bond donors (Lipinski definition) is 6. The zero-order valence-corrected chi connectivity index (χ0v) is 14.7. The van der Waals surface area contributed by atoms with Crippen molar-refractivity contribution in [1.29, 1.82) is 0 Å². The van der Waals surface area contributed by atoms with Gasteiger partial charge in [-0.25, -0.2) is 13.9 Å². The molecule has 27 heavy (non-hydrogen) atoms. The van der Waals surface area contributed by atoms with Crippen LogP contribution < -0.4 is 11.3 Å². The summed E-state index contributed by atoms with van der Waals surface area (Å²) in [6.07, 6.45) is -2.42. The number of aromatic nitrogens is 4. The first-order chi connectivity index (χ1) is 12.4. The van der Waals surface area contributed by atoms with Gasteiger partial charge in [-0.2, -0.15) is 4.98 Å². The van der Waals surface area contributed by atoms with Gasteiger partial charge in [-0.1, -0.05) is 0 Å². The molecule has 7 N–H and O–H groups in total. The first-order valence-corrected chi connectivity index (χ1v) is 9.01. The number of ether oxygens (including phenoxy) is 1. The van der Waals surface area contributed by atoms with Gasteiger partial charge in [0.25, 0.3) is 5.56 Å². The summed E-state index contributed by atoms with van der Waals surface area (Å²) in [7, 11) is -5.01. The Bertz CT molecular complexity index is 972. The van der Waals surface area contributed by atoms with E-state index in [4.69, 9.17) is 20.3 Å². The SMILES string of the molecule is C[C@@]1(O)[C@H](O)[C@@](CF)(COP(=O)(O)O)O[C@H]1n1cnc2c(=O)[nH]c(N)nc21. The van der Waals surface area contributed by atoms with Crippen LogP contribution in [0.4, 0.5) is 10.3 Å². The second-order valence-corrected chi connectivity index (χ2v) is 7.58. The maximum Gasteiger partial charge on any atom is 0.469 e. The topological polar surface area (TPSA) is 206 Å². The van der Waals surface area contributed by atoms with Crippen molar-refractivity contribution in [3.05, 3.63) is 16.7 Å². The lowest BCUT2D eigenvalue weighted by molar-refractivity contribution is -0.136. The minimum Gasteiger partial charge on any atom is -0.387 e. The molecule has 150 valence electrons. The third kappa shape index (κ3) is 3.25. The number of nitrogens with one attached hydrogen (secondary N) is 1. The van der Waals surface area contributed by atoms with E-state index in [0.717, 1.165) is 17.8 Å². The van der Waals surface area contributed by atoms with Gasteiger partial charge in [0.2, 0.25) is 5.95 Å². The van der Waals surface area contributed by atoms with Crippen molar-refractivity contribution in [1.82, 2.24) is 19.5 Å². The van der Waals surface area contributed by atoms with Crippen LogP contribution in [0.15, 0.2) is 11.1 Å². The number of aliphatic hydroxyl groups is 2. The van der Waals surface area contributed by atoms with Gasteiger partial charge in [0, 0.05) is 0 Å². The van der Waals surface area contributed by atoms with E-state index in [1.807, 2.05) is 0 Å². The second-order valence-electron chi connectivity index (χ2n) is 6.34. The van der Waals surface area contributed by atoms with E-state index in [9.17, 15) is 24.0 Å². The highest BCUT2D eigenvalue weighted by molar-refractivity contribution is 7.46. The number of phosphoric ester groups is 1. The third-order valence-electron chi connectivity index (χ3n) is 4.30. The fourth-order valence-electron chi connectivity index (χ4n) is 2.98. The van der Waals surface area contributed by atoms with Crippen LogP contribution in [-0.4, -0.2) is 70.1 Å². The first kappa shape index (κ1) is 19.8. The number of aliphatic hydroxyl groups excluding tert-OH is 1. The number of aromatic amines is 1. The van der Waals surface area contributed by atoms with Crippen molar-refractivity contribution in [3.8, 4) is 0 Å². The zero-order chi connectivity index (χ0) is 20.2. The molecule has 0 aliphatic carbocycles. The summed E-state index contributed by atoms with van der Waals surface area (Å²) in [5.74, 6) is -0.256. The predicted octanol–water partition coefficient (Wildman–Crippen LogP) is -1.84. The van der Waals surface area contributed by atoms with Gasteiger partial charge in [-0.05, 0) is 6.92 Å². The quantitative estimate of drug-likeness (QED) is 0.302. The van der Waals surface area contributed by atoms with E-state index in [1.54, 1.807) is 0 Å². The molecule has 4 atom stereocenters. The molecule has 15 heteroatoms. The molecule has 0 aromatic carbocycles. The van der Waals surface area contributed by atoms with E-state index < -0.39 is 50.2 Å². The van der Waals surface area contributed by atoms with Gasteiger partial charge in [-0.15, -0.1) is 0 Å². The normalized spacial score (nSPS) is 31.6. The predicted molar refractivity (Wildman–Crippen MR) is 86.0 cm³/mol. The van der Waals surface area contributed by atoms with Crippen molar-refractivity contribution in [3.63, 3.8) is 0 Å². The van der Waals surface area contributed by atoms with Crippen LogP contribution in [-0.2, 0) is 13.8 Å². The van der Waals surface area contributed by atoms with E-state index in [0.29, 0.717) is 0 Å². The van der Waals surface area contributed by atoms with Crippen LogP contribution in [0.1, 0.15) is 13.2 Å². The van der Waals surface area contributed by atoms with Crippen molar-refractivity contribution >= 4 is 24.9 Å². The Balaban J connectivity index is 2.07. The number of nitrogen functional groups attached to an aromatic ring is 1. The van der Waals surface area contributed by atoms with Crippen LogP contribution in [0.5, 0.6) is 0 Å². The molecular formula is C12H17FN5O8P. The summed E-state index contributed by atoms with van der Waals surface area (Å²) in [4.78, 5) is 39.5. The molecule has 0 radical (unpaired) electrons. The number of imidazole rings is 1. The summed E-state index contributed by atoms with van der Waals surface area (Å²) in [6.45, 7) is -1.38. The Morgan fingerprint density at radius 3 is 2.81 bits per heavy atom. The van der Waals surface area contributed by atoms with E-state index >= 15 is 0 Å².